The highest BCUT2D eigenvalue weighted by Crippen LogP contribution is 2.32. The van der Waals surface area contributed by atoms with E-state index in [1.807, 2.05) is 60.7 Å². The van der Waals surface area contributed by atoms with Crippen molar-refractivity contribution < 1.29 is 4.79 Å². The SMILES string of the molecule is CC(N)C(=O)Nc1cc(-c2ccccc2)ccc1-c1cccc(N)n1. The fraction of sp³-hybridized carbons (Fsp3) is 0.100. The van der Waals surface area contributed by atoms with Gasteiger partial charge in [-0.2, -0.15) is 0 Å². The maximum Gasteiger partial charge on any atom is 0.241 e. The average molecular weight is 332 g/mol. The van der Waals surface area contributed by atoms with Crippen molar-refractivity contribution in [3.63, 3.8) is 0 Å². The van der Waals surface area contributed by atoms with Crippen molar-refractivity contribution >= 4 is 17.4 Å². The number of hydrogen-bond donors (Lipinski definition) is 3. The van der Waals surface area contributed by atoms with Gasteiger partial charge in [0, 0.05) is 5.56 Å². The van der Waals surface area contributed by atoms with Gasteiger partial charge >= 0.3 is 0 Å². The molecule has 5 N–H and O–H groups in total. The number of nitrogens with one attached hydrogen (secondary N) is 1. The molecule has 0 aliphatic carbocycles. The molecule has 5 heteroatoms. The molecule has 3 aromatic rings. The van der Waals surface area contributed by atoms with Gasteiger partial charge in [-0.15, -0.1) is 0 Å². The molecule has 0 saturated carbocycles. The predicted octanol–water partition coefficient (Wildman–Crippen LogP) is 3.28. The third-order valence-corrected chi connectivity index (χ3v) is 3.84. The first-order valence-corrected chi connectivity index (χ1v) is 8.03. The summed E-state index contributed by atoms with van der Waals surface area (Å²) in [5.41, 5.74) is 15.7. The minimum Gasteiger partial charge on any atom is -0.384 e. The van der Waals surface area contributed by atoms with E-state index in [0.29, 0.717) is 17.2 Å². The Balaban J connectivity index is 2.09. The average Bonchev–Trinajstić information content (AvgIpc) is 2.62. The Morgan fingerprint density at radius 3 is 2.44 bits per heavy atom. The molecule has 0 fully saturated rings. The largest absolute Gasteiger partial charge is 0.384 e. The van der Waals surface area contributed by atoms with Crippen LogP contribution in [0, 0.1) is 0 Å². The molecule has 25 heavy (non-hydrogen) atoms. The molecule has 126 valence electrons. The Kier molecular flexibility index (Phi) is 4.77. The summed E-state index contributed by atoms with van der Waals surface area (Å²) >= 11 is 0. The highest BCUT2D eigenvalue weighted by Gasteiger charge is 2.14. The minimum atomic E-state index is -0.609. The molecular formula is C20H20N4O. The number of anilines is 2. The lowest BCUT2D eigenvalue weighted by atomic mass is 10.0. The van der Waals surface area contributed by atoms with Gasteiger partial charge in [0.05, 0.1) is 17.4 Å². The monoisotopic (exact) mass is 332 g/mol. The highest BCUT2D eigenvalue weighted by molar-refractivity contribution is 5.98. The second-order valence-corrected chi connectivity index (χ2v) is 5.85. The summed E-state index contributed by atoms with van der Waals surface area (Å²) in [6, 6.07) is 20.6. The van der Waals surface area contributed by atoms with Crippen LogP contribution in [0.15, 0.2) is 66.7 Å². The molecule has 5 nitrogen and oxygen atoms in total. The second kappa shape index (κ2) is 7.15. The van der Waals surface area contributed by atoms with Crippen LogP contribution < -0.4 is 16.8 Å². The number of hydrogen-bond acceptors (Lipinski definition) is 4. The second-order valence-electron chi connectivity index (χ2n) is 5.85. The fourth-order valence-corrected chi connectivity index (χ4v) is 2.53. The Bertz CT molecular complexity index is 891. The lowest BCUT2D eigenvalue weighted by Gasteiger charge is -2.15. The maximum atomic E-state index is 12.1. The highest BCUT2D eigenvalue weighted by atomic mass is 16.2. The first-order chi connectivity index (χ1) is 12.0. The minimum absolute atomic E-state index is 0.254. The maximum absolute atomic E-state index is 12.1. The van der Waals surface area contributed by atoms with E-state index < -0.39 is 6.04 Å². The first kappa shape index (κ1) is 16.7. The standard InChI is InChI=1S/C20H20N4O/c1-13(21)20(25)24-18-12-15(14-6-3-2-4-7-14)10-11-16(18)17-8-5-9-19(22)23-17/h2-13H,21H2,1H3,(H2,22,23)(H,24,25). The van der Waals surface area contributed by atoms with Crippen molar-refractivity contribution in [2.75, 3.05) is 11.1 Å². The lowest BCUT2D eigenvalue weighted by molar-refractivity contribution is -0.117. The number of carbonyl (C=O) groups is 1. The van der Waals surface area contributed by atoms with E-state index in [1.54, 1.807) is 13.0 Å². The van der Waals surface area contributed by atoms with E-state index >= 15 is 0 Å². The molecule has 1 amide bonds. The molecule has 1 heterocycles. The van der Waals surface area contributed by atoms with E-state index in [4.69, 9.17) is 11.5 Å². The number of nitrogens with two attached hydrogens (primary N) is 2. The van der Waals surface area contributed by atoms with Crippen LogP contribution in [0.1, 0.15) is 6.92 Å². The van der Waals surface area contributed by atoms with Gasteiger partial charge < -0.3 is 16.8 Å². The molecule has 1 atom stereocenters. The predicted molar refractivity (Wildman–Crippen MR) is 102 cm³/mol. The molecule has 2 aromatic carbocycles. The van der Waals surface area contributed by atoms with E-state index in [-0.39, 0.29) is 5.91 Å². The molecule has 3 rings (SSSR count). The molecule has 0 saturated heterocycles. The number of nitrogens with zero attached hydrogens (tertiary/aromatic N) is 1. The van der Waals surface area contributed by atoms with Crippen LogP contribution >= 0.6 is 0 Å². The van der Waals surface area contributed by atoms with Crippen LogP contribution in [-0.4, -0.2) is 16.9 Å². The zero-order valence-electron chi connectivity index (χ0n) is 13.9. The van der Waals surface area contributed by atoms with Gasteiger partial charge in [-0.25, -0.2) is 4.98 Å². The number of benzene rings is 2. The topological polar surface area (TPSA) is 94.0 Å². The van der Waals surface area contributed by atoms with E-state index in [1.165, 1.54) is 0 Å². The van der Waals surface area contributed by atoms with Gasteiger partial charge in [-0.3, -0.25) is 4.79 Å². The summed E-state index contributed by atoms with van der Waals surface area (Å²) in [4.78, 5) is 16.5. The zero-order chi connectivity index (χ0) is 17.8. The Labute approximate surface area is 146 Å². The van der Waals surface area contributed by atoms with Gasteiger partial charge in [0.2, 0.25) is 5.91 Å². The van der Waals surface area contributed by atoms with E-state index in [2.05, 4.69) is 10.3 Å². The summed E-state index contributed by atoms with van der Waals surface area (Å²) < 4.78 is 0. The number of carbonyl (C=O) groups excluding carboxylic acids is 1. The van der Waals surface area contributed by atoms with E-state index in [0.717, 1.165) is 16.7 Å². The molecular weight excluding hydrogens is 312 g/mol. The number of nitrogen functional groups attached to an aromatic ring is 1. The molecule has 0 aliphatic rings. The molecule has 0 radical (unpaired) electrons. The van der Waals surface area contributed by atoms with Gasteiger partial charge in [-0.05, 0) is 36.2 Å². The van der Waals surface area contributed by atoms with Crippen molar-refractivity contribution in [1.29, 1.82) is 0 Å². The lowest BCUT2D eigenvalue weighted by Crippen LogP contribution is -2.32. The van der Waals surface area contributed by atoms with Crippen molar-refractivity contribution in [3.8, 4) is 22.4 Å². The van der Waals surface area contributed by atoms with Crippen LogP contribution in [0.5, 0.6) is 0 Å². The van der Waals surface area contributed by atoms with Crippen LogP contribution in [-0.2, 0) is 4.79 Å². The Hall–Kier alpha value is -3.18. The third-order valence-electron chi connectivity index (χ3n) is 3.84. The fourth-order valence-electron chi connectivity index (χ4n) is 2.53. The van der Waals surface area contributed by atoms with Crippen molar-refractivity contribution in [2.24, 2.45) is 5.73 Å². The smallest absolute Gasteiger partial charge is 0.241 e. The summed E-state index contributed by atoms with van der Waals surface area (Å²) in [6.45, 7) is 1.65. The van der Waals surface area contributed by atoms with Crippen LogP contribution in [0.2, 0.25) is 0 Å². The van der Waals surface area contributed by atoms with Gasteiger partial charge in [-0.1, -0.05) is 48.5 Å². The molecule has 0 aliphatic heterocycles. The van der Waals surface area contributed by atoms with Crippen LogP contribution in [0.3, 0.4) is 0 Å². The van der Waals surface area contributed by atoms with Gasteiger partial charge in [0.15, 0.2) is 0 Å². The van der Waals surface area contributed by atoms with Crippen molar-refractivity contribution in [2.45, 2.75) is 13.0 Å². The van der Waals surface area contributed by atoms with Crippen molar-refractivity contribution in [1.82, 2.24) is 4.98 Å². The summed E-state index contributed by atoms with van der Waals surface area (Å²) in [7, 11) is 0. The van der Waals surface area contributed by atoms with Crippen LogP contribution in [0.25, 0.3) is 22.4 Å². The molecule has 1 aromatic heterocycles. The Morgan fingerprint density at radius 1 is 1.00 bits per heavy atom. The Morgan fingerprint density at radius 2 is 1.76 bits per heavy atom. The first-order valence-electron chi connectivity index (χ1n) is 8.03. The number of rotatable bonds is 4. The summed E-state index contributed by atoms with van der Waals surface area (Å²) in [5.74, 6) is 0.171. The molecule has 0 bridgehead atoms. The van der Waals surface area contributed by atoms with Crippen molar-refractivity contribution in [3.05, 3.63) is 66.7 Å². The number of amides is 1. The third kappa shape index (κ3) is 3.84. The summed E-state index contributed by atoms with van der Waals surface area (Å²) in [5, 5.41) is 2.89. The van der Waals surface area contributed by atoms with Gasteiger partial charge in [0.25, 0.3) is 0 Å². The molecule has 0 spiro atoms. The number of aromatic nitrogens is 1. The zero-order valence-corrected chi connectivity index (χ0v) is 13.9. The summed E-state index contributed by atoms with van der Waals surface area (Å²) in [6.07, 6.45) is 0. The quantitative estimate of drug-likeness (QED) is 0.683. The normalized spacial score (nSPS) is 11.8. The van der Waals surface area contributed by atoms with Gasteiger partial charge in [0.1, 0.15) is 5.82 Å². The molecule has 1 unspecified atom stereocenters. The number of pyridine rings is 1. The van der Waals surface area contributed by atoms with Crippen LogP contribution in [0.4, 0.5) is 11.5 Å². The van der Waals surface area contributed by atoms with E-state index in [9.17, 15) is 4.79 Å².